The monoisotopic (exact) mass is 139 g/mol. The zero-order chi connectivity index (χ0) is 7.56. The fourth-order valence-electron chi connectivity index (χ4n) is 0.771. The first-order valence-corrected chi connectivity index (χ1v) is 2.98. The molecule has 1 rings (SSSR count). The lowest BCUT2D eigenvalue weighted by Crippen LogP contribution is -2.43. The van der Waals surface area contributed by atoms with E-state index in [9.17, 15) is 0 Å². The molecule has 0 aliphatic carbocycles. The molecule has 0 saturated carbocycles. The Labute approximate surface area is 59.4 Å². The fourth-order valence-corrected chi connectivity index (χ4v) is 0.771. The van der Waals surface area contributed by atoms with Crippen LogP contribution in [0.25, 0.3) is 0 Å². The van der Waals surface area contributed by atoms with Crippen LogP contribution in [0, 0.1) is 11.3 Å². The zero-order valence-electron chi connectivity index (χ0n) is 5.58. The van der Waals surface area contributed by atoms with E-state index in [0.29, 0.717) is 18.8 Å². The van der Waals surface area contributed by atoms with Crippen LogP contribution >= 0.6 is 0 Å². The Morgan fingerprint density at radius 1 is 1.90 bits per heavy atom. The molecule has 1 saturated heterocycles. The number of nitrogens with two attached hydrogens (primary N) is 1. The molecule has 4 nitrogen and oxygen atoms in total. The molecule has 0 bridgehead atoms. The van der Waals surface area contributed by atoms with Crippen molar-refractivity contribution in [2.24, 2.45) is 5.84 Å². The summed E-state index contributed by atoms with van der Waals surface area (Å²) in [5, 5.41) is 9.90. The van der Waals surface area contributed by atoms with E-state index in [1.807, 2.05) is 6.07 Å². The number of hydrogen-bond donors (Lipinski definition) is 1. The van der Waals surface area contributed by atoms with E-state index in [-0.39, 0.29) is 0 Å². The SMILES string of the molecule is C=C1C(C#N)OCCN1N. The third kappa shape index (κ3) is 1.10. The Bertz CT molecular complexity index is 184. The van der Waals surface area contributed by atoms with Crippen molar-refractivity contribution in [2.75, 3.05) is 13.2 Å². The van der Waals surface area contributed by atoms with Crippen molar-refractivity contribution < 1.29 is 4.74 Å². The van der Waals surface area contributed by atoms with E-state index in [1.54, 1.807) is 0 Å². The van der Waals surface area contributed by atoms with E-state index in [2.05, 4.69) is 6.58 Å². The molecule has 1 heterocycles. The summed E-state index contributed by atoms with van der Waals surface area (Å²) in [4.78, 5) is 0. The molecule has 1 atom stereocenters. The molecule has 0 radical (unpaired) electrons. The highest BCUT2D eigenvalue weighted by molar-refractivity contribution is 5.12. The minimum absolute atomic E-state index is 0.494. The summed E-state index contributed by atoms with van der Waals surface area (Å²) in [6.45, 7) is 4.70. The highest BCUT2D eigenvalue weighted by Crippen LogP contribution is 2.10. The normalized spacial score (nSPS) is 26.2. The van der Waals surface area contributed by atoms with Gasteiger partial charge in [-0.05, 0) is 0 Å². The van der Waals surface area contributed by atoms with Crippen LogP contribution in [0.2, 0.25) is 0 Å². The van der Waals surface area contributed by atoms with Gasteiger partial charge in [0.2, 0.25) is 0 Å². The summed E-state index contributed by atoms with van der Waals surface area (Å²) in [5.41, 5.74) is 0.536. The van der Waals surface area contributed by atoms with Crippen LogP contribution in [-0.2, 0) is 4.74 Å². The lowest BCUT2D eigenvalue weighted by molar-refractivity contribution is 0.0370. The van der Waals surface area contributed by atoms with E-state index in [1.165, 1.54) is 5.01 Å². The maximum Gasteiger partial charge on any atom is 0.184 e. The van der Waals surface area contributed by atoms with Crippen LogP contribution < -0.4 is 5.84 Å². The van der Waals surface area contributed by atoms with Gasteiger partial charge in [-0.25, -0.2) is 5.84 Å². The molecule has 0 amide bonds. The standard InChI is InChI=1S/C6H9N3O/c1-5-6(4-7)10-3-2-9(5)8/h6H,1-3,8H2. The van der Waals surface area contributed by atoms with Gasteiger partial charge >= 0.3 is 0 Å². The minimum Gasteiger partial charge on any atom is -0.355 e. The lowest BCUT2D eigenvalue weighted by Gasteiger charge is -2.29. The summed E-state index contributed by atoms with van der Waals surface area (Å²) < 4.78 is 5.03. The molecule has 0 aromatic heterocycles. The van der Waals surface area contributed by atoms with Crippen LogP contribution in [0.15, 0.2) is 12.3 Å². The van der Waals surface area contributed by atoms with Gasteiger partial charge in [0.15, 0.2) is 6.10 Å². The van der Waals surface area contributed by atoms with Gasteiger partial charge in [0, 0.05) is 0 Å². The van der Waals surface area contributed by atoms with E-state index in [0.717, 1.165) is 0 Å². The van der Waals surface area contributed by atoms with Crippen molar-refractivity contribution >= 4 is 0 Å². The summed E-state index contributed by atoms with van der Waals surface area (Å²) in [6.07, 6.45) is -0.557. The highest BCUT2D eigenvalue weighted by Gasteiger charge is 2.20. The first-order chi connectivity index (χ1) is 4.75. The number of nitrogens with zero attached hydrogens (tertiary/aromatic N) is 2. The molecule has 0 aromatic rings. The Hall–Kier alpha value is -1.05. The van der Waals surface area contributed by atoms with Crippen molar-refractivity contribution in [1.29, 1.82) is 5.26 Å². The van der Waals surface area contributed by atoms with Crippen LogP contribution in [0.5, 0.6) is 0 Å². The number of ether oxygens (including phenoxy) is 1. The van der Waals surface area contributed by atoms with E-state index in [4.69, 9.17) is 15.8 Å². The predicted octanol–water partition coefficient (Wildman–Crippen LogP) is -0.402. The molecule has 0 spiro atoms. The second kappa shape index (κ2) is 2.69. The molecule has 1 unspecified atom stereocenters. The van der Waals surface area contributed by atoms with Crippen molar-refractivity contribution in [3.8, 4) is 6.07 Å². The summed E-state index contributed by atoms with van der Waals surface area (Å²) in [6, 6.07) is 1.94. The average molecular weight is 139 g/mol. The van der Waals surface area contributed by atoms with Gasteiger partial charge in [0.25, 0.3) is 0 Å². The fraction of sp³-hybridized carbons (Fsp3) is 0.500. The molecule has 1 aliphatic heterocycles. The molecular weight excluding hydrogens is 130 g/mol. The van der Waals surface area contributed by atoms with E-state index < -0.39 is 6.10 Å². The molecule has 0 aromatic carbocycles. The minimum atomic E-state index is -0.557. The Balaban J connectivity index is 2.62. The van der Waals surface area contributed by atoms with Gasteiger partial charge in [-0.2, -0.15) is 5.26 Å². The molecule has 10 heavy (non-hydrogen) atoms. The van der Waals surface area contributed by atoms with Crippen LogP contribution in [0.3, 0.4) is 0 Å². The summed E-state index contributed by atoms with van der Waals surface area (Å²) in [5.74, 6) is 5.45. The van der Waals surface area contributed by atoms with Crippen molar-refractivity contribution in [3.63, 3.8) is 0 Å². The molecule has 4 heteroatoms. The first kappa shape index (κ1) is 7.06. The van der Waals surface area contributed by atoms with Crippen LogP contribution in [0.4, 0.5) is 0 Å². The van der Waals surface area contributed by atoms with Gasteiger partial charge in [-0.3, -0.25) is 0 Å². The second-order valence-electron chi connectivity index (χ2n) is 2.06. The maximum absolute atomic E-state index is 8.46. The van der Waals surface area contributed by atoms with Gasteiger partial charge in [-0.1, -0.05) is 6.58 Å². The number of hydrazine groups is 1. The van der Waals surface area contributed by atoms with Crippen molar-refractivity contribution in [2.45, 2.75) is 6.10 Å². The lowest BCUT2D eigenvalue weighted by atomic mass is 10.2. The molecule has 54 valence electrons. The largest absolute Gasteiger partial charge is 0.355 e. The van der Waals surface area contributed by atoms with Gasteiger partial charge < -0.3 is 9.75 Å². The number of rotatable bonds is 0. The van der Waals surface area contributed by atoms with Crippen LogP contribution in [0.1, 0.15) is 0 Å². The van der Waals surface area contributed by atoms with Crippen LogP contribution in [-0.4, -0.2) is 24.3 Å². The van der Waals surface area contributed by atoms with E-state index >= 15 is 0 Å². The van der Waals surface area contributed by atoms with Gasteiger partial charge in [0.1, 0.15) is 6.07 Å². The zero-order valence-corrected chi connectivity index (χ0v) is 5.58. The Kier molecular flexibility index (Phi) is 1.90. The smallest absolute Gasteiger partial charge is 0.184 e. The topological polar surface area (TPSA) is 62.3 Å². The Morgan fingerprint density at radius 3 is 3.10 bits per heavy atom. The first-order valence-electron chi connectivity index (χ1n) is 2.98. The summed E-state index contributed by atoms with van der Waals surface area (Å²) >= 11 is 0. The second-order valence-corrected chi connectivity index (χ2v) is 2.06. The quantitative estimate of drug-likeness (QED) is 0.464. The highest BCUT2D eigenvalue weighted by atomic mass is 16.5. The average Bonchev–Trinajstić information content (AvgIpc) is 1.95. The third-order valence-electron chi connectivity index (χ3n) is 1.41. The predicted molar refractivity (Wildman–Crippen MR) is 35.4 cm³/mol. The number of nitriles is 1. The maximum atomic E-state index is 8.46. The molecule has 1 aliphatic rings. The molecular formula is C6H9N3O. The van der Waals surface area contributed by atoms with Gasteiger partial charge in [0.05, 0.1) is 18.8 Å². The van der Waals surface area contributed by atoms with Crippen molar-refractivity contribution in [3.05, 3.63) is 12.3 Å². The number of hydrogen-bond acceptors (Lipinski definition) is 4. The van der Waals surface area contributed by atoms with Gasteiger partial charge in [-0.15, -0.1) is 0 Å². The molecule has 2 N–H and O–H groups in total. The summed E-state index contributed by atoms with van der Waals surface area (Å²) in [7, 11) is 0. The molecule has 1 fully saturated rings. The Morgan fingerprint density at radius 2 is 2.60 bits per heavy atom. The number of morpholine rings is 1. The van der Waals surface area contributed by atoms with Crippen molar-refractivity contribution in [1.82, 2.24) is 5.01 Å². The third-order valence-corrected chi connectivity index (χ3v) is 1.41.